The molecule has 0 saturated heterocycles. The molecule has 4 nitrogen and oxygen atoms in total. The standard InChI is InChI=1S/C13H20N2O2/c1-9-6-12-13(17-8-16-12)7-11(9)15-5-3-4-10(2)14/h6-7,10,15H,3-5,8,14H2,1-2H3. The summed E-state index contributed by atoms with van der Waals surface area (Å²) < 4.78 is 10.7. The molecule has 0 fully saturated rings. The molecule has 17 heavy (non-hydrogen) atoms. The third-order valence-corrected chi connectivity index (χ3v) is 2.87. The highest BCUT2D eigenvalue weighted by Gasteiger charge is 2.15. The fourth-order valence-electron chi connectivity index (χ4n) is 1.88. The van der Waals surface area contributed by atoms with Crippen molar-refractivity contribution in [1.29, 1.82) is 0 Å². The Morgan fingerprint density at radius 1 is 1.35 bits per heavy atom. The van der Waals surface area contributed by atoms with Crippen molar-refractivity contribution < 1.29 is 9.47 Å². The van der Waals surface area contributed by atoms with E-state index < -0.39 is 0 Å². The first-order valence-electron chi connectivity index (χ1n) is 6.06. The van der Waals surface area contributed by atoms with Crippen LogP contribution >= 0.6 is 0 Å². The van der Waals surface area contributed by atoms with Crippen LogP contribution in [-0.4, -0.2) is 19.4 Å². The predicted molar refractivity (Wildman–Crippen MR) is 68.7 cm³/mol. The van der Waals surface area contributed by atoms with Gasteiger partial charge >= 0.3 is 0 Å². The molecular weight excluding hydrogens is 216 g/mol. The molecule has 0 aliphatic carbocycles. The van der Waals surface area contributed by atoms with Crippen LogP contribution in [0.25, 0.3) is 0 Å². The fraction of sp³-hybridized carbons (Fsp3) is 0.538. The van der Waals surface area contributed by atoms with Gasteiger partial charge in [0.25, 0.3) is 0 Å². The Morgan fingerprint density at radius 2 is 2.06 bits per heavy atom. The average molecular weight is 236 g/mol. The number of fused-ring (bicyclic) bond motifs is 1. The van der Waals surface area contributed by atoms with Gasteiger partial charge in [0.15, 0.2) is 11.5 Å². The topological polar surface area (TPSA) is 56.5 Å². The Balaban J connectivity index is 1.92. The molecule has 1 aromatic rings. The maximum atomic E-state index is 5.71. The molecule has 1 heterocycles. The highest BCUT2D eigenvalue weighted by molar-refractivity contribution is 5.60. The Hall–Kier alpha value is -1.42. The van der Waals surface area contributed by atoms with E-state index in [9.17, 15) is 0 Å². The van der Waals surface area contributed by atoms with Crippen LogP contribution in [-0.2, 0) is 0 Å². The lowest BCUT2D eigenvalue weighted by atomic mass is 10.1. The minimum atomic E-state index is 0.273. The van der Waals surface area contributed by atoms with Crippen LogP contribution in [0.2, 0.25) is 0 Å². The molecule has 0 aromatic heterocycles. The Kier molecular flexibility index (Phi) is 3.74. The Labute approximate surface area is 102 Å². The zero-order chi connectivity index (χ0) is 12.3. The van der Waals surface area contributed by atoms with Crippen molar-refractivity contribution in [2.75, 3.05) is 18.7 Å². The van der Waals surface area contributed by atoms with Crippen LogP contribution < -0.4 is 20.5 Å². The predicted octanol–water partition coefficient (Wildman–Crippen LogP) is 2.26. The van der Waals surface area contributed by atoms with Crippen molar-refractivity contribution in [3.8, 4) is 11.5 Å². The number of nitrogens with two attached hydrogens (primary N) is 1. The molecule has 0 radical (unpaired) electrons. The molecular formula is C13H20N2O2. The average Bonchev–Trinajstić information content (AvgIpc) is 2.71. The SMILES string of the molecule is Cc1cc2c(cc1NCCCC(C)N)OCO2. The summed E-state index contributed by atoms with van der Waals surface area (Å²) >= 11 is 0. The van der Waals surface area contributed by atoms with Crippen molar-refractivity contribution in [2.45, 2.75) is 32.7 Å². The third kappa shape index (κ3) is 3.03. The van der Waals surface area contributed by atoms with Gasteiger partial charge in [-0.1, -0.05) is 0 Å². The summed E-state index contributed by atoms with van der Waals surface area (Å²) in [6.45, 7) is 5.35. The molecule has 0 bridgehead atoms. The van der Waals surface area contributed by atoms with Gasteiger partial charge < -0.3 is 20.5 Å². The van der Waals surface area contributed by atoms with Crippen molar-refractivity contribution in [3.63, 3.8) is 0 Å². The van der Waals surface area contributed by atoms with E-state index in [0.717, 1.165) is 36.6 Å². The molecule has 2 rings (SSSR count). The summed E-state index contributed by atoms with van der Waals surface area (Å²) in [7, 11) is 0. The summed E-state index contributed by atoms with van der Waals surface area (Å²) in [5.41, 5.74) is 8.00. The number of hydrogen-bond donors (Lipinski definition) is 2. The second kappa shape index (κ2) is 5.27. The van der Waals surface area contributed by atoms with E-state index in [4.69, 9.17) is 15.2 Å². The van der Waals surface area contributed by atoms with Crippen LogP contribution in [0.5, 0.6) is 11.5 Å². The van der Waals surface area contributed by atoms with Crippen molar-refractivity contribution >= 4 is 5.69 Å². The summed E-state index contributed by atoms with van der Waals surface area (Å²) in [6, 6.07) is 4.29. The Morgan fingerprint density at radius 3 is 2.76 bits per heavy atom. The number of aryl methyl sites for hydroxylation is 1. The van der Waals surface area contributed by atoms with E-state index in [1.807, 2.05) is 19.1 Å². The third-order valence-electron chi connectivity index (χ3n) is 2.87. The molecule has 1 aliphatic rings. The molecule has 3 N–H and O–H groups in total. The highest BCUT2D eigenvalue weighted by atomic mass is 16.7. The van der Waals surface area contributed by atoms with Gasteiger partial charge in [0.2, 0.25) is 6.79 Å². The van der Waals surface area contributed by atoms with Gasteiger partial charge in [-0.25, -0.2) is 0 Å². The minimum absolute atomic E-state index is 0.273. The monoisotopic (exact) mass is 236 g/mol. The Bertz CT molecular complexity index is 391. The summed E-state index contributed by atoms with van der Waals surface area (Å²) in [5.74, 6) is 1.66. The fourth-order valence-corrected chi connectivity index (χ4v) is 1.88. The number of benzene rings is 1. The van der Waals surface area contributed by atoms with Crippen molar-refractivity contribution in [1.82, 2.24) is 0 Å². The maximum Gasteiger partial charge on any atom is 0.231 e. The quantitative estimate of drug-likeness (QED) is 0.770. The van der Waals surface area contributed by atoms with Crippen LogP contribution in [0.15, 0.2) is 12.1 Å². The van der Waals surface area contributed by atoms with Gasteiger partial charge in [0, 0.05) is 24.3 Å². The molecule has 1 aromatic carbocycles. The zero-order valence-corrected chi connectivity index (χ0v) is 10.5. The van der Waals surface area contributed by atoms with Gasteiger partial charge in [-0.15, -0.1) is 0 Å². The van der Waals surface area contributed by atoms with E-state index >= 15 is 0 Å². The lowest BCUT2D eigenvalue weighted by molar-refractivity contribution is 0.174. The first-order valence-corrected chi connectivity index (χ1v) is 6.06. The molecule has 4 heteroatoms. The smallest absolute Gasteiger partial charge is 0.231 e. The molecule has 1 atom stereocenters. The number of hydrogen-bond acceptors (Lipinski definition) is 4. The van der Waals surface area contributed by atoms with Crippen LogP contribution in [0.4, 0.5) is 5.69 Å². The van der Waals surface area contributed by atoms with E-state index in [2.05, 4.69) is 12.2 Å². The number of anilines is 1. The second-order valence-electron chi connectivity index (χ2n) is 4.57. The van der Waals surface area contributed by atoms with Gasteiger partial charge in [-0.05, 0) is 38.3 Å². The second-order valence-corrected chi connectivity index (χ2v) is 4.57. The summed E-state index contributed by atoms with van der Waals surface area (Å²) in [6.07, 6.45) is 2.11. The van der Waals surface area contributed by atoms with E-state index in [1.165, 1.54) is 5.56 Å². The van der Waals surface area contributed by atoms with Crippen molar-refractivity contribution in [2.24, 2.45) is 5.73 Å². The van der Waals surface area contributed by atoms with Crippen LogP contribution in [0, 0.1) is 6.92 Å². The highest BCUT2D eigenvalue weighted by Crippen LogP contribution is 2.36. The lowest BCUT2D eigenvalue weighted by Gasteiger charge is -2.11. The molecule has 0 amide bonds. The van der Waals surface area contributed by atoms with Gasteiger partial charge in [-0.2, -0.15) is 0 Å². The zero-order valence-electron chi connectivity index (χ0n) is 10.5. The first-order chi connectivity index (χ1) is 8.16. The number of nitrogens with one attached hydrogen (secondary N) is 1. The molecule has 0 saturated carbocycles. The molecule has 0 spiro atoms. The minimum Gasteiger partial charge on any atom is -0.454 e. The van der Waals surface area contributed by atoms with Gasteiger partial charge in [-0.3, -0.25) is 0 Å². The molecule has 1 aliphatic heterocycles. The maximum absolute atomic E-state index is 5.71. The van der Waals surface area contributed by atoms with Gasteiger partial charge in [0.1, 0.15) is 0 Å². The lowest BCUT2D eigenvalue weighted by Crippen LogP contribution is -2.16. The van der Waals surface area contributed by atoms with Crippen LogP contribution in [0.1, 0.15) is 25.3 Å². The molecule has 94 valence electrons. The first kappa shape index (κ1) is 12.0. The van der Waals surface area contributed by atoms with Crippen LogP contribution in [0.3, 0.4) is 0 Å². The normalized spacial score (nSPS) is 14.8. The summed E-state index contributed by atoms with van der Waals surface area (Å²) in [5, 5.41) is 3.41. The number of rotatable bonds is 5. The summed E-state index contributed by atoms with van der Waals surface area (Å²) in [4.78, 5) is 0. The van der Waals surface area contributed by atoms with E-state index in [-0.39, 0.29) is 6.04 Å². The number of ether oxygens (including phenoxy) is 2. The van der Waals surface area contributed by atoms with Crippen molar-refractivity contribution in [3.05, 3.63) is 17.7 Å². The molecule has 1 unspecified atom stereocenters. The van der Waals surface area contributed by atoms with Gasteiger partial charge in [0.05, 0.1) is 0 Å². The van der Waals surface area contributed by atoms with E-state index in [0.29, 0.717) is 6.79 Å². The van der Waals surface area contributed by atoms with E-state index in [1.54, 1.807) is 0 Å². The largest absolute Gasteiger partial charge is 0.454 e.